The van der Waals surface area contributed by atoms with E-state index in [0.717, 1.165) is 57.9 Å². The summed E-state index contributed by atoms with van der Waals surface area (Å²) < 4.78 is 51.3. The normalized spacial score (nSPS) is 28.6. The average Bonchev–Trinajstić information content (AvgIpc) is 3.06. The molecule has 17 heteroatoms. The second-order valence-electron chi connectivity index (χ2n) is 12.2. The largest absolute Gasteiger partial charge is 0.463 e. The second kappa shape index (κ2) is 18.2. The Morgan fingerprint density at radius 1 is 0.654 bits per heavy atom. The lowest BCUT2D eigenvalue weighted by molar-refractivity contribution is -0.350. The molecule has 0 bridgehead atoms. The van der Waals surface area contributed by atoms with Gasteiger partial charge in [0.25, 0.3) is 0 Å². The molecule has 0 unspecified atom stereocenters. The van der Waals surface area contributed by atoms with Gasteiger partial charge in [0.05, 0.1) is 6.61 Å². The molecule has 0 spiro atoms. The number of aliphatic hydroxyl groups excluding tert-OH is 1. The highest BCUT2D eigenvalue weighted by Gasteiger charge is 2.55. The van der Waals surface area contributed by atoms with Crippen LogP contribution in [0.5, 0.6) is 0 Å². The molecule has 284 valence electrons. The highest BCUT2D eigenvalue weighted by Crippen LogP contribution is 2.34. The maximum atomic E-state index is 12.5. The van der Waals surface area contributed by atoms with Gasteiger partial charge in [-0.25, -0.2) is 0 Å². The molecule has 1 amide bonds. The van der Waals surface area contributed by atoms with Gasteiger partial charge in [-0.1, -0.05) is 36.4 Å². The third kappa shape index (κ3) is 10.9. The Bertz CT molecular complexity index is 1610. The average molecular weight is 734 g/mol. The maximum Gasteiger partial charge on any atom is 0.303 e. The van der Waals surface area contributed by atoms with Crippen LogP contribution in [-0.4, -0.2) is 115 Å². The Kier molecular flexibility index (Phi) is 14.0. The van der Waals surface area contributed by atoms with Crippen LogP contribution in [0, 0.1) is 0 Å². The number of rotatable bonds is 13. The van der Waals surface area contributed by atoms with Crippen LogP contribution in [0.4, 0.5) is 0 Å². The monoisotopic (exact) mass is 733 g/mol. The van der Waals surface area contributed by atoms with Crippen molar-refractivity contribution in [3.63, 3.8) is 0 Å². The number of benzene rings is 2. The van der Waals surface area contributed by atoms with Crippen LogP contribution >= 0.6 is 0 Å². The summed E-state index contributed by atoms with van der Waals surface area (Å²) >= 11 is 0. The van der Waals surface area contributed by atoms with Crippen molar-refractivity contribution < 1.29 is 76.5 Å². The highest BCUT2D eigenvalue weighted by atomic mass is 16.7. The summed E-state index contributed by atoms with van der Waals surface area (Å²) in [7, 11) is 0. The van der Waals surface area contributed by atoms with Crippen LogP contribution < -0.4 is 5.32 Å². The van der Waals surface area contributed by atoms with Crippen LogP contribution in [0.2, 0.25) is 0 Å². The lowest BCUT2D eigenvalue weighted by Crippen LogP contribution is -2.69. The topological polar surface area (TPSA) is 218 Å². The predicted octanol–water partition coefficient (Wildman–Crippen LogP) is 0.978. The number of hydrogen-bond donors (Lipinski definition) is 2. The van der Waals surface area contributed by atoms with Gasteiger partial charge < -0.3 is 53.1 Å². The summed E-state index contributed by atoms with van der Waals surface area (Å²) in [6, 6.07) is 11.9. The molecular weight excluding hydrogens is 690 g/mol. The van der Waals surface area contributed by atoms with Crippen molar-refractivity contribution >= 4 is 46.5 Å². The van der Waals surface area contributed by atoms with Gasteiger partial charge in [0.2, 0.25) is 5.91 Å². The summed E-state index contributed by atoms with van der Waals surface area (Å²) in [5.41, 5.74) is 0.723. The minimum Gasteiger partial charge on any atom is -0.463 e. The van der Waals surface area contributed by atoms with Crippen molar-refractivity contribution in [1.29, 1.82) is 0 Å². The molecule has 2 aromatic carbocycles. The van der Waals surface area contributed by atoms with Crippen LogP contribution in [0.25, 0.3) is 10.8 Å². The first-order valence-corrected chi connectivity index (χ1v) is 16.4. The van der Waals surface area contributed by atoms with Gasteiger partial charge in [-0.3, -0.25) is 28.8 Å². The lowest BCUT2D eigenvalue weighted by Gasteiger charge is -2.48. The third-order valence-corrected chi connectivity index (χ3v) is 7.96. The highest BCUT2D eigenvalue weighted by molar-refractivity contribution is 5.83. The first-order valence-electron chi connectivity index (χ1n) is 16.4. The number of ether oxygens (including phenoxy) is 9. The summed E-state index contributed by atoms with van der Waals surface area (Å²) in [4.78, 5) is 73.0. The number of hydrogen-bond acceptors (Lipinski definition) is 16. The van der Waals surface area contributed by atoms with E-state index in [0.29, 0.717) is 0 Å². The molecule has 0 aromatic heterocycles. The number of aliphatic hydroxyl groups is 1. The number of esters is 5. The molecular formula is C35H43NO16. The minimum atomic E-state index is -1.73. The fraction of sp³-hybridized carbons (Fsp3) is 0.543. The molecule has 0 aliphatic carbocycles. The molecule has 52 heavy (non-hydrogen) atoms. The molecule has 2 saturated heterocycles. The molecule has 2 aliphatic heterocycles. The Morgan fingerprint density at radius 3 is 1.71 bits per heavy atom. The van der Waals surface area contributed by atoms with Crippen LogP contribution in [0.15, 0.2) is 42.5 Å². The second-order valence-corrected chi connectivity index (χ2v) is 12.2. The molecule has 0 saturated carbocycles. The molecule has 2 N–H and O–H groups in total. The summed E-state index contributed by atoms with van der Waals surface area (Å²) in [5.74, 6) is -4.51. The van der Waals surface area contributed by atoms with Gasteiger partial charge >= 0.3 is 29.8 Å². The van der Waals surface area contributed by atoms with E-state index in [4.69, 9.17) is 42.6 Å². The van der Waals surface area contributed by atoms with Gasteiger partial charge in [-0.15, -0.1) is 0 Å². The Morgan fingerprint density at radius 2 is 1.17 bits per heavy atom. The van der Waals surface area contributed by atoms with Gasteiger partial charge in [0.1, 0.15) is 43.7 Å². The predicted molar refractivity (Wildman–Crippen MR) is 174 cm³/mol. The smallest absolute Gasteiger partial charge is 0.303 e. The van der Waals surface area contributed by atoms with Crippen molar-refractivity contribution in [2.45, 2.75) is 109 Å². The molecule has 10 atom stereocenters. The number of carbonyl (C=O) groups is 6. The fourth-order valence-electron chi connectivity index (χ4n) is 5.92. The molecule has 4 rings (SSSR count). The van der Waals surface area contributed by atoms with Crippen molar-refractivity contribution in [3.05, 3.63) is 48.0 Å². The van der Waals surface area contributed by atoms with Crippen LogP contribution in [-0.2, 0) is 78.0 Å². The van der Waals surface area contributed by atoms with E-state index >= 15 is 0 Å². The van der Waals surface area contributed by atoms with Crippen molar-refractivity contribution in [1.82, 2.24) is 5.32 Å². The quantitative estimate of drug-likeness (QED) is 0.217. The van der Waals surface area contributed by atoms with Crippen LogP contribution in [0.3, 0.4) is 0 Å². The Labute approximate surface area is 299 Å². The van der Waals surface area contributed by atoms with E-state index in [1.54, 1.807) is 0 Å². The zero-order valence-electron chi connectivity index (χ0n) is 29.5. The summed E-state index contributed by atoms with van der Waals surface area (Å²) in [6.07, 6.45) is -13.4. The minimum absolute atomic E-state index is 0.0602. The van der Waals surface area contributed by atoms with Gasteiger partial charge in [-0.2, -0.15) is 0 Å². The Balaban J connectivity index is 1.72. The number of nitrogens with one attached hydrogen (secondary N) is 1. The van der Waals surface area contributed by atoms with Crippen molar-refractivity contribution in [2.75, 3.05) is 13.2 Å². The van der Waals surface area contributed by atoms with E-state index in [9.17, 15) is 33.9 Å². The van der Waals surface area contributed by atoms with E-state index < -0.39 is 110 Å². The van der Waals surface area contributed by atoms with Crippen molar-refractivity contribution in [3.8, 4) is 0 Å². The summed E-state index contributed by atoms with van der Waals surface area (Å²) in [6.45, 7) is 5.67. The SMILES string of the molecule is CC(=O)N[C@H]1[C@H](O[C@@H]2[C@@H](O)[C@H](OCc3ccc4ccccc4c3)O[C@H](COC(C)=O)[C@H]2OC(C)=O)O[C@H](COC(C)=O)[C@@H](OC(C)=O)[C@@H]1OC(C)=O. The number of fused-ring (bicyclic) bond motifs is 1. The third-order valence-electron chi connectivity index (χ3n) is 7.96. The van der Waals surface area contributed by atoms with E-state index in [1.807, 2.05) is 42.5 Å². The molecule has 2 aromatic rings. The molecule has 2 heterocycles. The molecule has 2 fully saturated rings. The number of amides is 1. The fourth-order valence-corrected chi connectivity index (χ4v) is 5.92. The maximum absolute atomic E-state index is 12.5. The van der Waals surface area contributed by atoms with Gasteiger partial charge in [0.15, 0.2) is 30.9 Å². The van der Waals surface area contributed by atoms with Gasteiger partial charge in [-0.05, 0) is 22.4 Å². The zero-order chi connectivity index (χ0) is 38.1. The molecule has 17 nitrogen and oxygen atoms in total. The van der Waals surface area contributed by atoms with Crippen LogP contribution in [0.1, 0.15) is 47.1 Å². The summed E-state index contributed by atoms with van der Waals surface area (Å²) in [5, 5.41) is 16.2. The first kappa shape index (κ1) is 40.1. The van der Waals surface area contributed by atoms with E-state index in [2.05, 4.69) is 5.32 Å². The first-order chi connectivity index (χ1) is 24.6. The standard InChI is InChI=1S/C35H43NO16/c1-17(37)36-28-32(49-22(6)42)30(47-20(4)40)26(15-44-18(2)38)50-34(28)52-33-29(43)35(51-27(16-45-19(3)39)31(33)48-21(5)41)46-14-23-11-12-24-9-7-8-10-25(24)13-23/h7-13,26-35,43H,14-16H2,1-6H3,(H,36,37)/t26-,27-,28-,29-,30-,31-,32-,33-,34+,35-/m1/s1. The Hall–Kier alpha value is -4.68. The van der Waals surface area contributed by atoms with E-state index in [1.165, 1.54) is 0 Å². The van der Waals surface area contributed by atoms with Gasteiger partial charge in [0, 0.05) is 41.5 Å². The molecule has 2 aliphatic rings. The molecule has 0 radical (unpaired) electrons. The van der Waals surface area contributed by atoms with E-state index in [-0.39, 0.29) is 6.61 Å². The zero-order valence-corrected chi connectivity index (χ0v) is 29.5. The number of carbonyl (C=O) groups excluding carboxylic acids is 6. The van der Waals surface area contributed by atoms with Crippen molar-refractivity contribution in [2.24, 2.45) is 0 Å². The lowest BCUT2D eigenvalue weighted by atomic mass is 9.94.